The molecule has 0 aliphatic rings. The monoisotopic (exact) mass is 372 g/mol. The summed E-state index contributed by atoms with van der Waals surface area (Å²) in [5.41, 5.74) is 4.08. The van der Waals surface area contributed by atoms with Crippen molar-refractivity contribution < 1.29 is 13.2 Å². The number of sulfonamides is 1. The summed E-state index contributed by atoms with van der Waals surface area (Å²) >= 11 is 0. The minimum atomic E-state index is -3.57. The Balaban J connectivity index is 1.74. The third-order valence-electron chi connectivity index (χ3n) is 3.78. The van der Waals surface area contributed by atoms with Crippen LogP contribution in [0, 0.1) is 13.8 Å². The third kappa shape index (κ3) is 7.21. The standard InChI is InChI=1S/C20H24N2O3S/c1-16-3-7-18(8-4-16)12-14-26(24,25)22-13-11-20(23)21-15-19-9-5-17(2)6-10-19/h3-10,12,14,22H,11,13,15H2,1-2H3,(H,21,23)/b14-12+. The maximum atomic E-state index is 11.9. The van der Waals surface area contributed by atoms with Crippen LogP contribution in [0.2, 0.25) is 0 Å². The Kier molecular flexibility index (Phi) is 7.12. The van der Waals surface area contributed by atoms with E-state index in [1.807, 2.05) is 62.4 Å². The van der Waals surface area contributed by atoms with Gasteiger partial charge in [0, 0.05) is 24.9 Å². The molecule has 0 bridgehead atoms. The Bertz CT molecular complexity index is 855. The number of hydrogen-bond donors (Lipinski definition) is 2. The smallest absolute Gasteiger partial charge is 0.233 e. The molecule has 0 spiro atoms. The molecule has 26 heavy (non-hydrogen) atoms. The van der Waals surface area contributed by atoms with Crippen LogP contribution in [-0.2, 0) is 21.4 Å². The molecule has 2 aromatic carbocycles. The van der Waals surface area contributed by atoms with Crippen molar-refractivity contribution in [1.82, 2.24) is 10.0 Å². The van der Waals surface area contributed by atoms with Crippen molar-refractivity contribution in [3.63, 3.8) is 0 Å². The van der Waals surface area contributed by atoms with E-state index in [9.17, 15) is 13.2 Å². The van der Waals surface area contributed by atoms with E-state index in [1.54, 1.807) is 0 Å². The summed E-state index contributed by atoms with van der Waals surface area (Å²) in [6.07, 6.45) is 1.61. The van der Waals surface area contributed by atoms with Crippen molar-refractivity contribution in [2.45, 2.75) is 26.8 Å². The van der Waals surface area contributed by atoms with Crippen LogP contribution in [0.15, 0.2) is 53.9 Å². The average molecular weight is 372 g/mol. The van der Waals surface area contributed by atoms with Crippen molar-refractivity contribution in [3.8, 4) is 0 Å². The van der Waals surface area contributed by atoms with Crippen LogP contribution in [0.3, 0.4) is 0 Å². The van der Waals surface area contributed by atoms with Crippen LogP contribution in [0.25, 0.3) is 6.08 Å². The van der Waals surface area contributed by atoms with Crippen LogP contribution in [-0.4, -0.2) is 20.9 Å². The number of hydrogen-bond acceptors (Lipinski definition) is 3. The first-order valence-corrected chi connectivity index (χ1v) is 9.95. The van der Waals surface area contributed by atoms with Crippen LogP contribution >= 0.6 is 0 Å². The summed E-state index contributed by atoms with van der Waals surface area (Å²) in [6, 6.07) is 15.4. The highest BCUT2D eigenvalue weighted by Crippen LogP contribution is 2.06. The zero-order valence-corrected chi connectivity index (χ0v) is 15.8. The Morgan fingerprint density at radius 1 is 0.962 bits per heavy atom. The van der Waals surface area contributed by atoms with Gasteiger partial charge in [-0.15, -0.1) is 0 Å². The van der Waals surface area contributed by atoms with Crippen LogP contribution < -0.4 is 10.0 Å². The lowest BCUT2D eigenvalue weighted by Crippen LogP contribution is -2.29. The van der Waals surface area contributed by atoms with E-state index in [4.69, 9.17) is 0 Å². The topological polar surface area (TPSA) is 75.3 Å². The Labute approximate surface area is 155 Å². The van der Waals surface area contributed by atoms with Gasteiger partial charge in [-0.3, -0.25) is 4.79 Å². The molecule has 0 radical (unpaired) electrons. The summed E-state index contributed by atoms with van der Waals surface area (Å²) in [5.74, 6) is -0.198. The van der Waals surface area contributed by atoms with Crippen LogP contribution in [0.4, 0.5) is 0 Å². The second-order valence-corrected chi connectivity index (χ2v) is 7.82. The quantitative estimate of drug-likeness (QED) is 0.748. The molecule has 6 heteroatoms. The second-order valence-electron chi connectivity index (χ2n) is 6.17. The molecule has 1 amide bonds. The Morgan fingerprint density at radius 3 is 2.15 bits per heavy atom. The maximum Gasteiger partial charge on any atom is 0.233 e. The molecule has 0 unspecified atom stereocenters. The van der Waals surface area contributed by atoms with Crippen LogP contribution in [0.5, 0.6) is 0 Å². The van der Waals surface area contributed by atoms with E-state index >= 15 is 0 Å². The fraction of sp³-hybridized carbons (Fsp3) is 0.250. The number of nitrogens with one attached hydrogen (secondary N) is 2. The number of rotatable bonds is 8. The summed E-state index contributed by atoms with van der Waals surface area (Å²) < 4.78 is 26.3. The maximum absolute atomic E-state index is 11.9. The van der Waals surface area contributed by atoms with E-state index in [2.05, 4.69) is 10.0 Å². The fourth-order valence-corrected chi connectivity index (χ4v) is 3.01. The van der Waals surface area contributed by atoms with Gasteiger partial charge in [0.2, 0.25) is 15.9 Å². The molecule has 0 saturated carbocycles. The molecular formula is C20H24N2O3S. The molecule has 0 heterocycles. The number of carbonyl (C=O) groups excluding carboxylic acids is 1. The lowest BCUT2D eigenvalue weighted by atomic mass is 10.1. The summed E-state index contributed by atoms with van der Waals surface area (Å²) in [7, 11) is -3.57. The largest absolute Gasteiger partial charge is 0.352 e. The molecule has 2 rings (SSSR count). The molecular weight excluding hydrogens is 348 g/mol. The summed E-state index contributed by atoms with van der Waals surface area (Å²) in [4.78, 5) is 11.8. The van der Waals surface area contributed by atoms with Gasteiger partial charge >= 0.3 is 0 Å². The molecule has 0 fully saturated rings. The molecule has 0 aliphatic carbocycles. The number of amides is 1. The highest BCUT2D eigenvalue weighted by atomic mass is 32.2. The van der Waals surface area contributed by atoms with Gasteiger partial charge in [-0.2, -0.15) is 0 Å². The Hall–Kier alpha value is -2.44. The van der Waals surface area contributed by atoms with Gasteiger partial charge in [0.1, 0.15) is 0 Å². The number of benzene rings is 2. The molecule has 0 saturated heterocycles. The molecule has 0 atom stereocenters. The van der Waals surface area contributed by atoms with E-state index < -0.39 is 10.0 Å². The zero-order chi connectivity index (χ0) is 19.0. The van der Waals surface area contributed by atoms with Crippen molar-refractivity contribution in [2.24, 2.45) is 0 Å². The zero-order valence-electron chi connectivity index (χ0n) is 15.0. The molecule has 0 aliphatic heterocycles. The fourth-order valence-electron chi connectivity index (χ4n) is 2.20. The molecule has 138 valence electrons. The second kappa shape index (κ2) is 9.31. The van der Waals surface area contributed by atoms with E-state index in [0.717, 1.165) is 27.7 Å². The molecule has 2 aromatic rings. The van der Waals surface area contributed by atoms with Crippen LogP contribution in [0.1, 0.15) is 28.7 Å². The van der Waals surface area contributed by atoms with Crippen molar-refractivity contribution in [2.75, 3.05) is 6.54 Å². The van der Waals surface area contributed by atoms with Gasteiger partial charge in [-0.25, -0.2) is 13.1 Å². The first kappa shape index (κ1) is 19.9. The van der Waals surface area contributed by atoms with Gasteiger partial charge in [0.05, 0.1) is 0 Å². The highest BCUT2D eigenvalue weighted by molar-refractivity contribution is 7.92. The van der Waals surface area contributed by atoms with Gasteiger partial charge in [0.15, 0.2) is 0 Å². The molecule has 5 nitrogen and oxygen atoms in total. The first-order chi connectivity index (χ1) is 12.3. The lowest BCUT2D eigenvalue weighted by Gasteiger charge is -2.06. The third-order valence-corrected chi connectivity index (χ3v) is 4.88. The van der Waals surface area contributed by atoms with E-state index in [1.165, 1.54) is 6.08 Å². The van der Waals surface area contributed by atoms with Crippen molar-refractivity contribution in [1.29, 1.82) is 0 Å². The SMILES string of the molecule is Cc1ccc(/C=C/S(=O)(=O)NCCC(=O)NCc2ccc(C)cc2)cc1. The van der Waals surface area contributed by atoms with Gasteiger partial charge in [-0.1, -0.05) is 59.7 Å². The number of aryl methyl sites for hydroxylation is 2. The minimum Gasteiger partial charge on any atom is -0.352 e. The normalized spacial score (nSPS) is 11.6. The van der Waals surface area contributed by atoms with Gasteiger partial charge < -0.3 is 5.32 Å². The Morgan fingerprint density at radius 2 is 1.54 bits per heavy atom. The molecule has 0 aromatic heterocycles. The van der Waals surface area contributed by atoms with Crippen molar-refractivity contribution >= 4 is 22.0 Å². The molecule has 2 N–H and O–H groups in total. The van der Waals surface area contributed by atoms with Gasteiger partial charge in [-0.05, 0) is 31.1 Å². The first-order valence-electron chi connectivity index (χ1n) is 8.41. The predicted octanol–water partition coefficient (Wildman–Crippen LogP) is 2.90. The highest BCUT2D eigenvalue weighted by Gasteiger charge is 2.07. The summed E-state index contributed by atoms with van der Waals surface area (Å²) in [6.45, 7) is 4.46. The van der Waals surface area contributed by atoms with Gasteiger partial charge in [0.25, 0.3) is 0 Å². The lowest BCUT2D eigenvalue weighted by molar-refractivity contribution is -0.121. The number of carbonyl (C=O) groups is 1. The summed E-state index contributed by atoms with van der Waals surface area (Å²) in [5, 5.41) is 3.89. The van der Waals surface area contributed by atoms with E-state index in [-0.39, 0.29) is 18.9 Å². The van der Waals surface area contributed by atoms with E-state index in [0.29, 0.717) is 6.54 Å². The minimum absolute atomic E-state index is 0.0559. The predicted molar refractivity (Wildman–Crippen MR) is 105 cm³/mol. The van der Waals surface area contributed by atoms with Crippen molar-refractivity contribution in [3.05, 3.63) is 76.2 Å². The average Bonchev–Trinajstić information content (AvgIpc) is 2.61.